The van der Waals surface area contributed by atoms with Crippen molar-refractivity contribution in [1.82, 2.24) is 0 Å². The number of benzene rings is 8. The third-order valence-corrected chi connectivity index (χ3v) is 9.75. The van der Waals surface area contributed by atoms with Crippen LogP contribution in [0.2, 0.25) is 0 Å². The molecule has 0 unspecified atom stereocenters. The maximum absolute atomic E-state index is 6.60. The number of hydrogen-bond acceptors (Lipinski definition) is 3. The number of furan rings is 1. The Morgan fingerprint density at radius 3 is 1.88 bits per heavy atom. The fourth-order valence-electron chi connectivity index (χ4n) is 7.01. The summed E-state index contributed by atoms with van der Waals surface area (Å²) >= 11 is 4.82. The number of thiol groups is 1. The van der Waals surface area contributed by atoms with Crippen molar-refractivity contribution in [2.75, 3.05) is 4.90 Å². The first-order valence-corrected chi connectivity index (χ1v) is 16.9. The monoisotopic (exact) mass is 645 g/mol. The van der Waals surface area contributed by atoms with Gasteiger partial charge in [0, 0.05) is 32.6 Å². The molecule has 0 saturated carbocycles. The summed E-state index contributed by atoms with van der Waals surface area (Å²) in [7, 11) is 0. The van der Waals surface area contributed by atoms with Gasteiger partial charge in [-0.3, -0.25) is 0 Å². The molecule has 1 heterocycles. The van der Waals surface area contributed by atoms with Crippen molar-refractivity contribution < 1.29 is 4.42 Å². The van der Waals surface area contributed by atoms with Crippen LogP contribution in [0, 0.1) is 0 Å². The summed E-state index contributed by atoms with van der Waals surface area (Å²) in [4.78, 5) is 3.33. The topological polar surface area (TPSA) is 16.4 Å². The molecule has 2 nitrogen and oxygen atoms in total. The fourth-order valence-corrected chi connectivity index (χ4v) is 7.30. The second kappa shape index (κ2) is 12.2. The molecule has 0 spiro atoms. The van der Waals surface area contributed by atoms with Crippen molar-refractivity contribution in [1.29, 1.82) is 0 Å². The summed E-state index contributed by atoms with van der Waals surface area (Å²) in [6.07, 6.45) is 0. The van der Waals surface area contributed by atoms with Gasteiger partial charge in [0.1, 0.15) is 11.2 Å². The highest BCUT2D eigenvalue weighted by Gasteiger charge is 2.22. The van der Waals surface area contributed by atoms with Crippen LogP contribution in [-0.4, -0.2) is 0 Å². The van der Waals surface area contributed by atoms with Crippen molar-refractivity contribution in [2.45, 2.75) is 4.90 Å². The van der Waals surface area contributed by atoms with Gasteiger partial charge in [-0.05, 0) is 87.1 Å². The third-order valence-electron chi connectivity index (χ3n) is 9.36. The summed E-state index contributed by atoms with van der Waals surface area (Å²) < 4.78 is 6.60. The number of fused-ring (bicyclic) bond motifs is 5. The summed E-state index contributed by atoms with van der Waals surface area (Å²) in [6, 6.07) is 64.4. The van der Waals surface area contributed by atoms with Crippen LogP contribution in [0.4, 0.5) is 17.1 Å². The molecule has 0 fully saturated rings. The first-order chi connectivity index (χ1) is 24.2. The molecular weight excluding hydrogens is 615 g/mol. The van der Waals surface area contributed by atoms with E-state index in [1.165, 1.54) is 21.9 Å². The highest BCUT2D eigenvalue weighted by molar-refractivity contribution is 7.80. The van der Waals surface area contributed by atoms with Crippen LogP contribution < -0.4 is 4.90 Å². The molecule has 9 rings (SSSR count). The molecule has 0 saturated heterocycles. The zero-order chi connectivity index (χ0) is 32.7. The molecular formula is C46H31NOS. The lowest BCUT2D eigenvalue weighted by Crippen LogP contribution is -2.11. The summed E-state index contributed by atoms with van der Waals surface area (Å²) in [5.41, 5.74) is 11.7. The largest absolute Gasteiger partial charge is 0.456 e. The van der Waals surface area contributed by atoms with Crippen molar-refractivity contribution >= 4 is 62.4 Å². The molecule has 0 aliphatic heterocycles. The Morgan fingerprint density at radius 1 is 0.408 bits per heavy atom. The van der Waals surface area contributed by atoms with E-state index in [0.29, 0.717) is 0 Å². The molecule has 8 aromatic carbocycles. The van der Waals surface area contributed by atoms with Crippen LogP contribution in [0.25, 0.3) is 66.1 Å². The number of rotatable bonds is 6. The van der Waals surface area contributed by atoms with Gasteiger partial charge in [-0.1, -0.05) is 133 Å². The van der Waals surface area contributed by atoms with E-state index in [9.17, 15) is 0 Å². The Hall–Kier alpha value is -6.03. The molecule has 3 heteroatoms. The van der Waals surface area contributed by atoms with Gasteiger partial charge >= 0.3 is 0 Å². The van der Waals surface area contributed by atoms with Crippen LogP contribution in [0.5, 0.6) is 0 Å². The molecule has 0 N–H and O–H groups in total. The van der Waals surface area contributed by atoms with Gasteiger partial charge in [0.2, 0.25) is 0 Å². The maximum atomic E-state index is 6.60. The zero-order valence-corrected chi connectivity index (χ0v) is 27.5. The third kappa shape index (κ3) is 5.25. The Balaban J connectivity index is 1.33. The molecule has 0 bridgehead atoms. The van der Waals surface area contributed by atoms with E-state index in [2.05, 4.69) is 175 Å². The predicted molar refractivity (Wildman–Crippen MR) is 209 cm³/mol. The summed E-state index contributed by atoms with van der Waals surface area (Å²) in [6.45, 7) is 0. The lowest BCUT2D eigenvalue weighted by molar-refractivity contribution is 0.669. The van der Waals surface area contributed by atoms with E-state index in [1.807, 2.05) is 12.1 Å². The average molecular weight is 646 g/mol. The minimum Gasteiger partial charge on any atom is -0.456 e. The molecule has 0 aliphatic rings. The van der Waals surface area contributed by atoms with E-state index in [0.717, 1.165) is 66.1 Å². The minimum atomic E-state index is 0.867. The van der Waals surface area contributed by atoms with E-state index < -0.39 is 0 Å². The van der Waals surface area contributed by atoms with E-state index in [1.54, 1.807) is 0 Å². The van der Waals surface area contributed by atoms with Gasteiger partial charge < -0.3 is 9.32 Å². The van der Waals surface area contributed by atoms with Crippen LogP contribution >= 0.6 is 12.6 Å². The van der Waals surface area contributed by atoms with Crippen molar-refractivity contribution in [2.24, 2.45) is 0 Å². The van der Waals surface area contributed by atoms with Crippen molar-refractivity contribution in [3.8, 4) is 33.4 Å². The van der Waals surface area contributed by atoms with Crippen LogP contribution in [0.15, 0.2) is 191 Å². The molecule has 0 atom stereocenters. The van der Waals surface area contributed by atoms with Crippen LogP contribution in [-0.2, 0) is 0 Å². The molecule has 1 aromatic heterocycles. The fraction of sp³-hybridized carbons (Fsp3) is 0. The number of hydrogen-bond donors (Lipinski definition) is 1. The van der Waals surface area contributed by atoms with Gasteiger partial charge in [-0.25, -0.2) is 0 Å². The normalized spacial score (nSPS) is 11.4. The Labute approximate surface area is 290 Å². The first kappa shape index (κ1) is 29.1. The van der Waals surface area contributed by atoms with E-state index >= 15 is 0 Å². The quantitative estimate of drug-likeness (QED) is 0.181. The standard InChI is InChI=1S/C46H31NOS/c49-45-21-10-9-19-38(45)35-17-11-18-37(28-35)47(36-25-22-32(23-26-36)31-12-3-1-4-13-31)42-29-41-44(30-40(42)33-14-5-2-6-15-33)48-43-27-24-34-16-7-8-20-39(34)46(41)43/h1-30,49H. The average Bonchev–Trinajstić information content (AvgIpc) is 3.54. The maximum Gasteiger partial charge on any atom is 0.136 e. The smallest absolute Gasteiger partial charge is 0.136 e. The van der Waals surface area contributed by atoms with Gasteiger partial charge in [0.25, 0.3) is 0 Å². The molecule has 49 heavy (non-hydrogen) atoms. The zero-order valence-electron chi connectivity index (χ0n) is 26.6. The van der Waals surface area contributed by atoms with Crippen LogP contribution in [0.3, 0.4) is 0 Å². The second-order valence-electron chi connectivity index (χ2n) is 12.3. The van der Waals surface area contributed by atoms with Crippen molar-refractivity contribution in [3.63, 3.8) is 0 Å². The van der Waals surface area contributed by atoms with Gasteiger partial charge in [-0.2, -0.15) is 0 Å². The lowest BCUT2D eigenvalue weighted by Gasteiger charge is -2.29. The highest BCUT2D eigenvalue weighted by Crippen LogP contribution is 2.46. The lowest BCUT2D eigenvalue weighted by atomic mass is 9.97. The van der Waals surface area contributed by atoms with Gasteiger partial charge in [0.15, 0.2) is 0 Å². The Morgan fingerprint density at radius 2 is 1.08 bits per heavy atom. The van der Waals surface area contributed by atoms with E-state index in [-0.39, 0.29) is 0 Å². The Kier molecular flexibility index (Phi) is 7.26. The predicted octanol–water partition coefficient (Wildman–Crippen LogP) is 13.5. The Bertz CT molecular complexity index is 2610. The second-order valence-corrected chi connectivity index (χ2v) is 12.8. The van der Waals surface area contributed by atoms with Gasteiger partial charge in [-0.15, -0.1) is 12.6 Å². The van der Waals surface area contributed by atoms with Crippen LogP contribution in [0.1, 0.15) is 0 Å². The number of nitrogens with zero attached hydrogens (tertiary/aromatic N) is 1. The molecule has 0 radical (unpaired) electrons. The number of anilines is 3. The SMILES string of the molecule is Sc1ccccc1-c1cccc(N(c2ccc(-c3ccccc3)cc2)c2cc3c(cc2-c2ccccc2)oc2ccc4ccccc4c23)c1. The first-order valence-electron chi connectivity index (χ1n) is 16.5. The molecule has 9 aromatic rings. The molecule has 0 amide bonds. The highest BCUT2D eigenvalue weighted by atomic mass is 32.1. The van der Waals surface area contributed by atoms with E-state index in [4.69, 9.17) is 17.0 Å². The molecule has 0 aliphatic carbocycles. The molecule has 232 valence electrons. The minimum absolute atomic E-state index is 0.867. The summed E-state index contributed by atoms with van der Waals surface area (Å²) in [5, 5.41) is 4.59. The summed E-state index contributed by atoms with van der Waals surface area (Å²) in [5.74, 6) is 0. The van der Waals surface area contributed by atoms with Crippen molar-refractivity contribution in [3.05, 3.63) is 182 Å². The van der Waals surface area contributed by atoms with Gasteiger partial charge in [0.05, 0.1) is 5.69 Å².